The largest absolute Gasteiger partial charge is 0.372 e. The van der Waals surface area contributed by atoms with E-state index in [1.807, 2.05) is 14.0 Å². The Hall–Kier alpha value is -0.640. The van der Waals surface area contributed by atoms with Gasteiger partial charge in [-0.05, 0) is 37.2 Å². The molecule has 0 amide bonds. The van der Waals surface area contributed by atoms with Gasteiger partial charge in [0.25, 0.3) is 0 Å². The second-order valence-electron chi connectivity index (χ2n) is 3.59. The summed E-state index contributed by atoms with van der Waals surface area (Å²) in [6.45, 7) is 2.59. The molecule has 15 heavy (non-hydrogen) atoms. The zero-order valence-corrected chi connectivity index (χ0v) is 9.60. The summed E-state index contributed by atoms with van der Waals surface area (Å²) in [5.41, 5.74) is 2.10. The first-order valence-electron chi connectivity index (χ1n) is 4.80. The van der Waals surface area contributed by atoms with Crippen LogP contribution in [0.25, 0.3) is 0 Å². The molecule has 2 atom stereocenters. The lowest BCUT2D eigenvalue weighted by Crippen LogP contribution is -2.28. The topological polar surface area (TPSA) is 21.3 Å². The Labute approximate surface area is 95.2 Å². The zero-order chi connectivity index (χ0) is 10.1. The van der Waals surface area contributed by atoms with Gasteiger partial charge in [0.05, 0.1) is 18.8 Å². The first-order valence-corrected chi connectivity index (χ1v) is 4.80. The van der Waals surface area contributed by atoms with E-state index in [2.05, 4.69) is 5.32 Å². The van der Waals surface area contributed by atoms with Gasteiger partial charge in [0.1, 0.15) is 5.82 Å². The van der Waals surface area contributed by atoms with E-state index in [9.17, 15) is 4.39 Å². The van der Waals surface area contributed by atoms with Gasteiger partial charge in [-0.3, -0.25) is 0 Å². The summed E-state index contributed by atoms with van der Waals surface area (Å²) in [5.74, 6) is -0.182. The summed E-state index contributed by atoms with van der Waals surface area (Å²) in [5, 5.41) is 3.12. The average Bonchev–Trinajstić information content (AvgIpc) is 2.18. The van der Waals surface area contributed by atoms with E-state index >= 15 is 0 Å². The molecule has 0 fully saturated rings. The maximum atomic E-state index is 13.1. The Morgan fingerprint density at radius 3 is 2.80 bits per heavy atom. The van der Waals surface area contributed by atoms with Crippen LogP contribution in [0.15, 0.2) is 18.2 Å². The van der Waals surface area contributed by atoms with Crippen LogP contribution in [0.3, 0.4) is 0 Å². The van der Waals surface area contributed by atoms with E-state index in [0.29, 0.717) is 6.61 Å². The standard InChI is InChI=1S/C11H14FNO.ClH/c1-7-9-4-3-8(12)5-10(9)11(13-2)6-14-7;/h3-5,7,11,13H,6H2,1-2H3;1H/t7?,11-;/m1./s1. The van der Waals surface area contributed by atoms with Crippen molar-refractivity contribution in [2.75, 3.05) is 13.7 Å². The molecule has 84 valence electrons. The number of hydrogen-bond donors (Lipinski definition) is 1. The fraction of sp³-hybridized carbons (Fsp3) is 0.455. The molecule has 4 heteroatoms. The van der Waals surface area contributed by atoms with Gasteiger partial charge in [-0.1, -0.05) is 6.07 Å². The molecule has 1 aliphatic heterocycles. The van der Waals surface area contributed by atoms with Gasteiger partial charge < -0.3 is 10.1 Å². The van der Waals surface area contributed by atoms with E-state index in [-0.39, 0.29) is 30.4 Å². The monoisotopic (exact) mass is 231 g/mol. The number of nitrogens with one attached hydrogen (secondary N) is 1. The number of benzene rings is 1. The maximum Gasteiger partial charge on any atom is 0.123 e. The van der Waals surface area contributed by atoms with Crippen LogP contribution in [0.4, 0.5) is 4.39 Å². The molecular weight excluding hydrogens is 217 g/mol. The van der Waals surface area contributed by atoms with Crippen molar-refractivity contribution < 1.29 is 9.13 Å². The lowest BCUT2D eigenvalue weighted by atomic mass is 9.95. The number of likely N-dealkylation sites (N-methyl/N-ethyl adjacent to an activating group) is 1. The summed E-state index contributed by atoms with van der Waals surface area (Å²) in [7, 11) is 1.86. The van der Waals surface area contributed by atoms with Crippen molar-refractivity contribution in [1.29, 1.82) is 0 Å². The Morgan fingerprint density at radius 1 is 1.40 bits per heavy atom. The molecule has 2 nitrogen and oxygen atoms in total. The van der Waals surface area contributed by atoms with Crippen LogP contribution in [0.1, 0.15) is 30.2 Å². The summed E-state index contributed by atoms with van der Waals surface area (Å²) in [6, 6.07) is 4.99. The Kier molecular flexibility index (Phi) is 4.08. The molecule has 0 aliphatic carbocycles. The van der Waals surface area contributed by atoms with Crippen LogP contribution in [0, 0.1) is 5.82 Å². The second-order valence-corrected chi connectivity index (χ2v) is 3.59. The van der Waals surface area contributed by atoms with Gasteiger partial charge in [0, 0.05) is 0 Å². The van der Waals surface area contributed by atoms with Crippen LogP contribution in [0.5, 0.6) is 0 Å². The molecule has 0 radical (unpaired) electrons. The molecule has 2 rings (SSSR count). The third-order valence-corrected chi connectivity index (χ3v) is 2.72. The van der Waals surface area contributed by atoms with Crippen LogP contribution in [0.2, 0.25) is 0 Å². The van der Waals surface area contributed by atoms with Crippen molar-refractivity contribution in [3.8, 4) is 0 Å². The predicted octanol–water partition coefficient (Wildman–Crippen LogP) is 2.60. The minimum atomic E-state index is -0.182. The highest BCUT2D eigenvalue weighted by Crippen LogP contribution is 2.32. The van der Waals surface area contributed by atoms with E-state index in [1.54, 1.807) is 12.1 Å². The number of rotatable bonds is 1. The van der Waals surface area contributed by atoms with Crippen molar-refractivity contribution in [1.82, 2.24) is 5.32 Å². The molecule has 0 aromatic heterocycles. The number of hydrogen-bond acceptors (Lipinski definition) is 2. The molecule has 0 spiro atoms. The van der Waals surface area contributed by atoms with Crippen molar-refractivity contribution >= 4 is 12.4 Å². The third-order valence-electron chi connectivity index (χ3n) is 2.72. The van der Waals surface area contributed by atoms with Crippen molar-refractivity contribution in [2.24, 2.45) is 0 Å². The number of ether oxygens (including phenoxy) is 1. The minimum Gasteiger partial charge on any atom is -0.372 e. The maximum absolute atomic E-state index is 13.1. The molecule has 1 aromatic carbocycles. The lowest BCUT2D eigenvalue weighted by molar-refractivity contribution is 0.0344. The molecule has 0 saturated carbocycles. The van der Waals surface area contributed by atoms with Crippen molar-refractivity contribution in [2.45, 2.75) is 19.1 Å². The molecule has 1 heterocycles. The van der Waals surface area contributed by atoms with E-state index in [4.69, 9.17) is 4.74 Å². The van der Waals surface area contributed by atoms with Crippen LogP contribution >= 0.6 is 12.4 Å². The van der Waals surface area contributed by atoms with Gasteiger partial charge in [-0.25, -0.2) is 4.39 Å². The van der Waals surface area contributed by atoms with Gasteiger partial charge in [0.2, 0.25) is 0 Å². The quantitative estimate of drug-likeness (QED) is 0.802. The van der Waals surface area contributed by atoms with Crippen LogP contribution in [-0.2, 0) is 4.74 Å². The predicted molar refractivity (Wildman–Crippen MR) is 59.8 cm³/mol. The second kappa shape index (κ2) is 4.92. The highest BCUT2D eigenvalue weighted by atomic mass is 35.5. The smallest absolute Gasteiger partial charge is 0.123 e. The third kappa shape index (κ3) is 2.30. The molecule has 1 aliphatic rings. The normalized spacial score (nSPS) is 24.2. The SMILES string of the molecule is CN[C@@H]1COC(C)c2ccc(F)cc21.Cl. The summed E-state index contributed by atoms with van der Waals surface area (Å²) < 4.78 is 18.6. The summed E-state index contributed by atoms with van der Waals surface area (Å²) in [6.07, 6.45) is 0.0650. The van der Waals surface area contributed by atoms with E-state index < -0.39 is 0 Å². The Morgan fingerprint density at radius 2 is 2.13 bits per heavy atom. The van der Waals surface area contributed by atoms with Crippen molar-refractivity contribution in [3.05, 3.63) is 35.1 Å². The molecule has 0 saturated heterocycles. The van der Waals surface area contributed by atoms with Gasteiger partial charge >= 0.3 is 0 Å². The molecule has 0 bridgehead atoms. The molecule has 1 unspecified atom stereocenters. The fourth-order valence-corrected chi connectivity index (χ4v) is 1.88. The molecular formula is C11H15ClFNO. The highest BCUT2D eigenvalue weighted by molar-refractivity contribution is 5.85. The van der Waals surface area contributed by atoms with Crippen LogP contribution in [-0.4, -0.2) is 13.7 Å². The summed E-state index contributed by atoms with van der Waals surface area (Å²) >= 11 is 0. The number of fused-ring (bicyclic) bond motifs is 1. The minimum absolute atomic E-state index is 0. The fourth-order valence-electron chi connectivity index (χ4n) is 1.88. The lowest BCUT2D eigenvalue weighted by Gasteiger charge is -2.29. The average molecular weight is 232 g/mol. The zero-order valence-electron chi connectivity index (χ0n) is 8.79. The Balaban J connectivity index is 0.00000112. The first-order chi connectivity index (χ1) is 6.72. The molecule has 1 aromatic rings. The van der Waals surface area contributed by atoms with E-state index in [0.717, 1.165) is 11.1 Å². The first kappa shape index (κ1) is 12.4. The summed E-state index contributed by atoms with van der Waals surface area (Å²) in [4.78, 5) is 0. The van der Waals surface area contributed by atoms with E-state index in [1.165, 1.54) is 6.07 Å². The molecule has 1 N–H and O–H groups in total. The van der Waals surface area contributed by atoms with Gasteiger partial charge in [-0.2, -0.15) is 0 Å². The van der Waals surface area contributed by atoms with Gasteiger partial charge in [0.15, 0.2) is 0 Å². The van der Waals surface area contributed by atoms with Crippen molar-refractivity contribution in [3.63, 3.8) is 0 Å². The van der Waals surface area contributed by atoms with Gasteiger partial charge in [-0.15, -0.1) is 12.4 Å². The Bertz CT molecular complexity index is 345. The highest BCUT2D eigenvalue weighted by Gasteiger charge is 2.24. The number of halogens is 2. The van der Waals surface area contributed by atoms with Crippen LogP contribution < -0.4 is 5.32 Å².